The second-order valence-electron chi connectivity index (χ2n) is 12.7. The summed E-state index contributed by atoms with van der Waals surface area (Å²) in [6.07, 6.45) is 9.88. The van der Waals surface area contributed by atoms with Crippen LogP contribution in [0.5, 0.6) is 0 Å². The molecule has 1 atom stereocenters. The molecule has 1 fully saturated rings. The predicted octanol–water partition coefficient (Wildman–Crippen LogP) is 7.26. The van der Waals surface area contributed by atoms with E-state index < -0.39 is 13.1 Å². The van der Waals surface area contributed by atoms with Crippen LogP contribution in [0.2, 0.25) is 0 Å². The van der Waals surface area contributed by atoms with Crippen LogP contribution in [0.25, 0.3) is 0 Å². The second-order valence-corrected chi connectivity index (χ2v) is 17.2. The third kappa shape index (κ3) is 5.34. The minimum atomic E-state index is -0.666. The fraction of sp³-hybridized carbons (Fsp3) is 0.452. The molecular formula is C31H40N2OP2. The normalized spacial score (nSPS) is 18.3. The quantitative estimate of drug-likeness (QED) is 0.334. The molecule has 1 saturated heterocycles. The standard InChI is InChI=1S/C31H40N2OP2/c1-28(2,3)17-22-12-13-27(36-29(4,5)18-25(34)19-30(36,6)7)26(16-22)31(35,23-10-8-14-32-20-23)24-11-9-15-33-21-24/h8-16,20-21H,17-19,35H2,1-7H3. The van der Waals surface area contributed by atoms with E-state index in [2.05, 4.69) is 98.0 Å². The van der Waals surface area contributed by atoms with Crippen LogP contribution >= 0.6 is 17.2 Å². The maximum atomic E-state index is 12.8. The number of aromatic nitrogens is 2. The van der Waals surface area contributed by atoms with E-state index in [0.29, 0.717) is 18.6 Å². The van der Waals surface area contributed by atoms with Crippen LogP contribution in [0, 0.1) is 5.41 Å². The topological polar surface area (TPSA) is 42.9 Å². The molecule has 1 aliphatic heterocycles. The fourth-order valence-corrected chi connectivity index (χ4v) is 11.2. The van der Waals surface area contributed by atoms with Crippen molar-refractivity contribution in [3.8, 4) is 0 Å². The molecule has 1 unspecified atom stereocenters. The third-order valence-electron chi connectivity index (χ3n) is 7.17. The van der Waals surface area contributed by atoms with Crippen LogP contribution in [0.4, 0.5) is 0 Å². The summed E-state index contributed by atoms with van der Waals surface area (Å²) in [4.78, 5) is 21.8. The highest BCUT2D eigenvalue weighted by molar-refractivity contribution is 7.69. The van der Waals surface area contributed by atoms with Crippen molar-refractivity contribution in [3.63, 3.8) is 0 Å². The van der Waals surface area contributed by atoms with Gasteiger partial charge in [0.1, 0.15) is 5.78 Å². The summed E-state index contributed by atoms with van der Waals surface area (Å²) in [5.41, 5.74) is 5.04. The molecule has 3 nitrogen and oxygen atoms in total. The van der Waals surface area contributed by atoms with Crippen molar-refractivity contribution in [1.29, 1.82) is 0 Å². The van der Waals surface area contributed by atoms with E-state index >= 15 is 0 Å². The Morgan fingerprint density at radius 3 is 1.86 bits per heavy atom. The Hall–Kier alpha value is -1.95. The Kier molecular flexibility index (Phi) is 7.33. The van der Waals surface area contributed by atoms with Gasteiger partial charge in [0, 0.05) is 37.6 Å². The van der Waals surface area contributed by atoms with Crippen LogP contribution < -0.4 is 5.30 Å². The summed E-state index contributed by atoms with van der Waals surface area (Å²) in [5.74, 6) is 0.381. The van der Waals surface area contributed by atoms with Crippen molar-refractivity contribution in [2.45, 2.75) is 83.2 Å². The molecule has 1 aliphatic rings. The SMILES string of the molecule is CC(C)(C)Cc1ccc(P2C(C)(C)CC(=O)CC2(C)C)c(C(P)(c2cccnc2)c2cccnc2)c1. The molecule has 0 saturated carbocycles. The number of pyridine rings is 2. The maximum absolute atomic E-state index is 12.8. The molecule has 0 amide bonds. The molecule has 0 N–H and O–H groups in total. The molecule has 2 aromatic heterocycles. The Morgan fingerprint density at radius 1 is 0.889 bits per heavy atom. The van der Waals surface area contributed by atoms with Crippen LogP contribution in [0.1, 0.15) is 83.6 Å². The van der Waals surface area contributed by atoms with Gasteiger partial charge >= 0.3 is 0 Å². The second kappa shape index (κ2) is 9.74. The van der Waals surface area contributed by atoms with Crippen molar-refractivity contribution in [1.82, 2.24) is 9.97 Å². The fourth-order valence-electron chi connectivity index (χ4n) is 6.14. The Bertz CT molecular complexity index is 1170. The molecular weight excluding hydrogens is 478 g/mol. The van der Waals surface area contributed by atoms with Crippen LogP contribution in [0.3, 0.4) is 0 Å². The van der Waals surface area contributed by atoms with E-state index in [4.69, 9.17) is 0 Å². The highest BCUT2D eigenvalue weighted by Gasteiger charge is 2.49. The van der Waals surface area contributed by atoms with E-state index in [0.717, 1.165) is 17.5 Å². The molecule has 3 heterocycles. The number of carbonyl (C=O) groups excluding carboxylic acids is 1. The predicted molar refractivity (Wildman–Crippen MR) is 157 cm³/mol. The lowest BCUT2D eigenvalue weighted by atomic mass is 9.82. The maximum Gasteiger partial charge on any atom is 0.134 e. The van der Waals surface area contributed by atoms with Gasteiger partial charge in [0.25, 0.3) is 0 Å². The van der Waals surface area contributed by atoms with Crippen LogP contribution in [0.15, 0.2) is 67.3 Å². The lowest BCUT2D eigenvalue weighted by Gasteiger charge is -2.51. The smallest absolute Gasteiger partial charge is 0.134 e. The number of Topliss-reactive ketones (excluding diaryl/α,β-unsaturated/α-hetero) is 1. The number of carbonyl (C=O) groups is 1. The van der Waals surface area contributed by atoms with Gasteiger partial charge < -0.3 is 0 Å². The van der Waals surface area contributed by atoms with Gasteiger partial charge in [0.15, 0.2) is 0 Å². The molecule has 5 heteroatoms. The highest BCUT2D eigenvalue weighted by atomic mass is 31.1. The van der Waals surface area contributed by atoms with E-state index in [1.54, 1.807) is 0 Å². The van der Waals surface area contributed by atoms with Gasteiger partial charge in [0.05, 0.1) is 5.16 Å². The average molecular weight is 519 g/mol. The van der Waals surface area contributed by atoms with E-state index in [1.807, 2.05) is 36.9 Å². The highest BCUT2D eigenvalue weighted by Crippen LogP contribution is 2.65. The van der Waals surface area contributed by atoms with Gasteiger partial charge in [-0.2, -0.15) is 0 Å². The zero-order valence-corrected chi connectivity index (χ0v) is 24.8. The van der Waals surface area contributed by atoms with Crippen molar-refractivity contribution in [2.75, 3.05) is 0 Å². The number of ketones is 1. The first-order valence-electron chi connectivity index (χ1n) is 12.8. The van der Waals surface area contributed by atoms with Crippen molar-refractivity contribution >= 4 is 28.2 Å². The number of benzene rings is 1. The van der Waals surface area contributed by atoms with Crippen molar-refractivity contribution in [2.24, 2.45) is 5.41 Å². The Labute approximate surface area is 220 Å². The first-order valence-corrected chi connectivity index (χ1v) is 14.7. The Morgan fingerprint density at radius 2 is 1.42 bits per heavy atom. The van der Waals surface area contributed by atoms with Gasteiger partial charge in [-0.3, -0.25) is 14.8 Å². The molecule has 4 rings (SSSR count). The first-order chi connectivity index (χ1) is 16.7. The van der Waals surface area contributed by atoms with Gasteiger partial charge in [-0.25, -0.2) is 0 Å². The van der Waals surface area contributed by atoms with Gasteiger partial charge in [-0.15, -0.1) is 9.24 Å². The lowest BCUT2D eigenvalue weighted by molar-refractivity contribution is -0.120. The number of nitrogens with zero attached hydrogens (tertiary/aromatic N) is 2. The summed E-state index contributed by atoms with van der Waals surface area (Å²) >= 11 is 0. The zero-order chi connectivity index (χ0) is 26.4. The molecule has 3 aromatic rings. The molecule has 0 radical (unpaired) electrons. The Balaban J connectivity index is 2.05. The van der Waals surface area contributed by atoms with Crippen molar-refractivity contribution in [3.05, 3.63) is 89.5 Å². The number of hydrogen-bond acceptors (Lipinski definition) is 3. The number of hydrogen-bond donors (Lipinski definition) is 0. The zero-order valence-electron chi connectivity index (χ0n) is 22.8. The average Bonchev–Trinajstić information content (AvgIpc) is 2.77. The third-order valence-corrected chi connectivity index (χ3v) is 11.8. The van der Waals surface area contributed by atoms with Gasteiger partial charge in [-0.05, 0) is 61.8 Å². The molecule has 1 aromatic carbocycles. The summed E-state index contributed by atoms with van der Waals surface area (Å²) < 4.78 is 0. The summed E-state index contributed by atoms with van der Waals surface area (Å²) in [5, 5.41) is 0.683. The molecule has 36 heavy (non-hydrogen) atoms. The molecule has 0 aliphatic carbocycles. The largest absolute Gasteiger partial charge is 0.300 e. The van der Waals surface area contributed by atoms with E-state index in [9.17, 15) is 4.79 Å². The van der Waals surface area contributed by atoms with Crippen LogP contribution in [-0.2, 0) is 16.4 Å². The first kappa shape index (κ1) is 27.1. The summed E-state index contributed by atoms with van der Waals surface area (Å²) in [7, 11) is 2.53. The molecule has 0 spiro atoms. The van der Waals surface area contributed by atoms with Gasteiger partial charge in [-0.1, -0.05) is 86.7 Å². The minimum absolute atomic E-state index is 0.0933. The monoisotopic (exact) mass is 518 g/mol. The number of rotatable bonds is 5. The van der Waals surface area contributed by atoms with Crippen LogP contribution in [-0.4, -0.2) is 26.1 Å². The minimum Gasteiger partial charge on any atom is -0.300 e. The lowest BCUT2D eigenvalue weighted by Crippen LogP contribution is -2.45. The van der Waals surface area contributed by atoms with Crippen molar-refractivity contribution < 1.29 is 4.79 Å². The van der Waals surface area contributed by atoms with Gasteiger partial charge in [0.2, 0.25) is 0 Å². The van der Waals surface area contributed by atoms with E-state index in [1.165, 1.54) is 16.4 Å². The molecule has 0 bridgehead atoms. The van der Waals surface area contributed by atoms with E-state index in [-0.39, 0.29) is 15.7 Å². The molecule has 190 valence electrons. The summed E-state index contributed by atoms with van der Waals surface area (Å²) in [6.45, 7) is 16.1. The summed E-state index contributed by atoms with van der Waals surface area (Å²) in [6, 6.07) is 15.5.